The van der Waals surface area contributed by atoms with Gasteiger partial charge in [-0.25, -0.2) is 0 Å². The van der Waals surface area contributed by atoms with Crippen LogP contribution in [0, 0.1) is 5.92 Å². The van der Waals surface area contributed by atoms with Gasteiger partial charge in [-0.05, 0) is 19.8 Å². The van der Waals surface area contributed by atoms with Crippen LogP contribution in [-0.4, -0.2) is 22.8 Å². The number of carbonyl (C=O) groups excluding carboxylic acids is 1. The van der Waals surface area contributed by atoms with Crippen molar-refractivity contribution in [2.75, 3.05) is 0 Å². The molecule has 3 atom stereocenters. The van der Waals surface area contributed by atoms with Crippen molar-refractivity contribution < 1.29 is 14.6 Å². The summed E-state index contributed by atoms with van der Waals surface area (Å²) in [7, 11) is 0. The monoisotopic (exact) mass is 186 g/mol. The molecule has 0 aliphatic heterocycles. The van der Waals surface area contributed by atoms with Crippen LogP contribution in [0.2, 0.25) is 0 Å². The first-order valence-electron chi connectivity index (χ1n) is 4.89. The van der Waals surface area contributed by atoms with Gasteiger partial charge in [-0.3, -0.25) is 4.79 Å². The molecule has 0 saturated heterocycles. The highest BCUT2D eigenvalue weighted by Gasteiger charge is 2.44. The molecule has 0 spiro atoms. The molecule has 0 heterocycles. The van der Waals surface area contributed by atoms with Crippen molar-refractivity contribution in [2.45, 2.75) is 51.7 Å². The quantitative estimate of drug-likeness (QED) is 0.664. The van der Waals surface area contributed by atoms with Gasteiger partial charge < -0.3 is 9.84 Å². The zero-order chi connectivity index (χ0) is 10.1. The molecule has 0 aromatic heterocycles. The molecule has 1 fully saturated rings. The van der Waals surface area contributed by atoms with Gasteiger partial charge in [0.25, 0.3) is 0 Å². The summed E-state index contributed by atoms with van der Waals surface area (Å²) < 4.78 is 5.33. The molecule has 13 heavy (non-hydrogen) atoms. The van der Waals surface area contributed by atoms with Gasteiger partial charge in [-0.15, -0.1) is 0 Å². The first kappa shape index (κ1) is 10.5. The van der Waals surface area contributed by atoms with Gasteiger partial charge in [-0.2, -0.15) is 0 Å². The van der Waals surface area contributed by atoms with E-state index in [-0.39, 0.29) is 18.0 Å². The van der Waals surface area contributed by atoms with Crippen LogP contribution in [0.5, 0.6) is 0 Å². The lowest BCUT2D eigenvalue weighted by molar-refractivity contribution is -0.162. The molecule has 3 nitrogen and oxygen atoms in total. The second kappa shape index (κ2) is 3.66. The van der Waals surface area contributed by atoms with Gasteiger partial charge in [-0.1, -0.05) is 13.8 Å². The standard InChI is InChI=1S/C10H18O3/c1-4-9(12)13-10(3)6-5-8(11)7(10)2/h7-8,11H,4-6H2,1-3H3. The number of hydrogen-bond acceptors (Lipinski definition) is 3. The van der Waals surface area contributed by atoms with Crippen molar-refractivity contribution >= 4 is 5.97 Å². The zero-order valence-electron chi connectivity index (χ0n) is 8.54. The van der Waals surface area contributed by atoms with Crippen molar-refractivity contribution in [3.05, 3.63) is 0 Å². The van der Waals surface area contributed by atoms with Crippen LogP contribution in [0.1, 0.15) is 40.0 Å². The van der Waals surface area contributed by atoms with E-state index in [1.165, 1.54) is 0 Å². The zero-order valence-corrected chi connectivity index (χ0v) is 8.54. The van der Waals surface area contributed by atoms with E-state index in [0.29, 0.717) is 6.42 Å². The maximum absolute atomic E-state index is 11.1. The molecular formula is C10H18O3. The fourth-order valence-electron chi connectivity index (χ4n) is 1.80. The Labute approximate surface area is 79.1 Å². The van der Waals surface area contributed by atoms with Gasteiger partial charge in [0.2, 0.25) is 0 Å². The van der Waals surface area contributed by atoms with E-state index in [4.69, 9.17) is 4.74 Å². The Bertz CT molecular complexity index is 202. The third-order valence-electron chi connectivity index (χ3n) is 3.11. The third-order valence-corrected chi connectivity index (χ3v) is 3.11. The number of ether oxygens (including phenoxy) is 1. The van der Waals surface area contributed by atoms with E-state index in [1.54, 1.807) is 6.92 Å². The van der Waals surface area contributed by atoms with E-state index in [9.17, 15) is 9.90 Å². The Kier molecular flexibility index (Phi) is 2.96. The molecule has 0 amide bonds. The van der Waals surface area contributed by atoms with Crippen molar-refractivity contribution in [1.82, 2.24) is 0 Å². The summed E-state index contributed by atoms with van der Waals surface area (Å²) in [6.45, 7) is 5.61. The van der Waals surface area contributed by atoms with E-state index < -0.39 is 5.60 Å². The summed E-state index contributed by atoms with van der Waals surface area (Å²) in [5.74, 6) is -0.133. The van der Waals surface area contributed by atoms with Crippen molar-refractivity contribution in [1.29, 1.82) is 0 Å². The molecule has 1 aliphatic rings. The second-order valence-electron chi connectivity index (χ2n) is 4.03. The van der Waals surface area contributed by atoms with E-state index in [2.05, 4.69) is 0 Å². The minimum atomic E-state index is -0.452. The van der Waals surface area contributed by atoms with Gasteiger partial charge in [0.1, 0.15) is 5.60 Å². The van der Waals surface area contributed by atoms with Gasteiger partial charge in [0.05, 0.1) is 6.10 Å². The Morgan fingerprint density at radius 2 is 2.31 bits per heavy atom. The van der Waals surface area contributed by atoms with E-state index in [0.717, 1.165) is 12.8 Å². The molecular weight excluding hydrogens is 168 g/mol. The van der Waals surface area contributed by atoms with Gasteiger partial charge in [0.15, 0.2) is 0 Å². The number of carbonyl (C=O) groups is 1. The van der Waals surface area contributed by atoms with Crippen molar-refractivity contribution in [3.63, 3.8) is 0 Å². The second-order valence-corrected chi connectivity index (χ2v) is 4.03. The number of aliphatic hydroxyl groups excluding tert-OH is 1. The normalized spacial score (nSPS) is 39.1. The predicted octanol–water partition coefficient (Wildman–Crippen LogP) is 1.49. The summed E-state index contributed by atoms with van der Waals surface area (Å²) in [6.07, 6.45) is 1.57. The molecule has 0 aromatic rings. The molecule has 0 bridgehead atoms. The summed E-state index contributed by atoms with van der Waals surface area (Å²) in [6, 6.07) is 0. The Balaban J connectivity index is 2.61. The number of aliphatic hydroxyl groups is 1. The first-order chi connectivity index (χ1) is 5.99. The van der Waals surface area contributed by atoms with Gasteiger partial charge >= 0.3 is 5.97 Å². The first-order valence-corrected chi connectivity index (χ1v) is 4.89. The molecule has 76 valence electrons. The lowest BCUT2D eigenvalue weighted by Crippen LogP contribution is -2.36. The van der Waals surface area contributed by atoms with Gasteiger partial charge in [0, 0.05) is 12.3 Å². The highest BCUT2D eigenvalue weighted by Crippen LogP contribution is 2.38. The molecule has 1 saturated carbocycles. The average Bonchev–Trinajstić information content (AvgIpc) is 2.34. The Hall–Kier alpha value is -0.570. The molecule has 1 aliphatic carbocycles. The largest absolute Gasteiger partial charge is 0.459 e. The van der Waals surface area contributed by atoms with Crippen LogP contribution in [0.25, 0.3) is 0 Å². The van der Waals surface area contributed by atoms with Crippen LogP contribution in [-0.2, 0) is 9.53 Å². The van der Waals surface area contributed by atoms with Crippen LogP contribution >= 0.6 is 0 Å². The number of rotatable bonds is 2. The SMILES string of the molecule is CCC(=O)OC1(C)CCC(O)C1C. The van der Waals surface area contributed by atoms with Crippen LogP contribution in [0.4, 0.5) is 0 Å². The number of hydrogen-bond donors (Lipinski definition) is 1. The molecule has 0 radical (unpaired) electrons. The van der Waals surface area contributed by atoms with Crippen LogP contribution in [0.3, 0.4) is 0 Å². The maximum Gasteiger partial charge on any atom is 0.306 e. The Morgan fingerprint density at radius 3 is 2.69 bits per heavy atom. The highest BCUT2D eigenvalue weighted by molar-refractivity contribution is 5.69. The summed E-state index contributed by atoms with van der Waals surface area (Å²) in [4.78, 5) is 11.1. The summed E-state index contributed by atoms with van der Waals surface area (Å²) in [5.41, 5.74) is -0.452. The van der Waals surface area contributed by atoms with Crippen LogP contribution < -0.4 is 0 Å². The lowest BCUT2D eigenvalue weighted by atomic mass is 9.93. The maximum atomic E-state index is 11.1. The Morgan fingerprint density at radius 1 is 1.69 bits per heavy atom. The fraction of sp³-hybridized carbons (Fsp3) is 0.900. The fourth-order valence-corrected chi connectivity index (χ4v) is 1.80. The molecule has 1 rings (SSSR count). The molecule has 3 heteroatoms. The minimum Gasteiger partial charge on any atom is -0.459 e. The van der Waals surface area contributed by atoms with E-state index >= 15 is 0 Å². The van der Waals surface area contributed by atoms with Crippen molar-refractivity contribution in [2.24, 2.45) is 5.92 Å². The smallest absolute Gasteiger partial charge is 0.306 e. The minimum absolute atomic E-state index is 0.0444. The molecule has 3 unspecified atom stereocenters. The lowest BCUT2D eigenvalue weighted by Gasteiger charge is -2.29. The molecule has 1 N–H and O–H groups in total. The average molecular weight is 186 g/mol. The predicted molar refractivity (Wildman–Crippen MR) is 49.2 cm³/mol. The number of esters is 1. The highest BCUT2D eigenvalue weighted by atomic mass is 16.6. The third kappa shape index (κ3) is 2.02. The topological polar surface area (TPSA) is 46.5 Å². The molecule has 0 aromatic carbocycles. The van der Waals surface area contributed by atoms with E-state index in [1.807, 2.05) is 13.8 Å². The van der Waals surface area contributed by atoms with Crippen molar-refractivity contribution in [3.8, 4) is 0 Å². The summed E-state index contributed by atoms with van der Waals surface area (Å²) >= 11 is 0. The van der Waals surface area contributed by atoms with Crippen LogP contribution in [0.15, 0.2) is 0 Å². The summed E-state index contributed by atoms with van der Waals surface area (Å²) in [5, 5.41) is 9.53.